The summed E-state index contributed by atoms with van der Waals surface area (Å²) >= 11 is 0. The van der Waals surface area contributed by atoms with Gasteiger partial charge in [0.25, 0.3) is 0 Å². The molecule has 0 bridgehead atoms. The van der Waals surface area contributed by atoms with E-state index in [0.717, 1.165) is 45.1 Å². The van der Waals surface area contributed by atoms with Crippen LogP contribution in [-0.2, 0) is 4.79 Å². The summed E-state index contributed by atoms with van der Waals surface area (Å²) in [6, 6.07) is 0.735. The third-order valence-corrected chi connectivity index (χ3v) is 5.52. The van der Waals surface area contributed by atoms with Gasteiger partial charge in [0.2, 0.25) is 5.91 Å². The van der Waals surface area contributed by atoms with Crippen LogP contribution >= 0.6 is 0 Å². The lowest BCUT2D eigenvalue weighted by Gasteiger charge is -2.42. The molecule has 1 atom stereocenters. The van der Waals surface area contributed by atoms with Crippen LogP contribution in [0.25, 0.3) is 0 Å². The van der Waals surface area contributed by atoms with Crippen molar-refractivity contribution in [3.05, 3.63) is 0 Å². The normalized spacial score (nSPS) is 33.5. The molecular formula is C16H29N3O. The number of hydrogen-bond acceptors (Lipinski definition) is 3. The van der Waals surface area contributed by atoms with Crippen molar-refractivity contribution in [3.63, 3.8) is 0 Å². The zero-order valence-corrected chi connectivity index (χ0v) is 12.9. The molecule has 4 nitrogen and oxygen atoms in total. The van der Waals surface area contributed by atoms with Gasteiger partial charge in [-0.1, -0.05) is 0 Å². The Morgan fingerprint density at radius 3 is 2.40 bits per heavy atom. The number of nitrogens with zero attached hydrogens (tertiary/aromatic N) is 2. The first-order chi connectivity index (χ1) is 9.69. The molecule has 20 heavy (non-hydrogen) atoms. The van der Waals surface area contributed by atoms with E-state index in [4.69, 9.17) is 0 Å². The van der Waals surface area contributed by atoms with Crippen molar-refractivity contribution in [1.82, 2.24) is 15.1 Å². The summed E-state index contributed by atoms with van der Waals surface area (Å²) < 4.78 is 0. The van der Waals surface area contributed by atoms with E-state index in [-0.39, 0.29) is 5.41 Å². The highest BCUT2D eigenvalue weighted by Gasteiger charge is 2.39. The SMILES string of the molecule is CC1(C(=O)N2CCC(N3CCCC3)CC2)CCCNC1. The average Bonchev–Trinajstić information content (AvgIpc) is 3.02. The van der Waals surface area contributed by atoms with Gasteiger partial charge in [0, 0.05) is 25.7 Å². The number of rotatable bonds is 2. The van der Waals surface area contributed by atoms with Crippen LogP contribution in [0.15, 0.2) is 0 Å². The fourth-order valence-corrected chi connectivity index (χ4v) is 4.16. The minimum absolute atomic E-state index is 0.154. The molecule has 4 heteroatoms. The largest absolute Gasteiger partial charge is 0.342 e. The van der Waals surface area contributed by atoms with E-state index >= 15 is 0 Å². The van der Waals surface area contributed by atoms with Gasteiger partial charge in [-0.15, -0.1) is 0 Å². The lowest BCUT2D eigenvalue weighted by Crippen LogP contribution is -2.53. The molecule has 1 unspecified atom stereocenters. The van der Waals surface area contributed by atoms with E-state index in [1.165, 1.54) is 38.8 Å². The van der Waals surface area contributed by atoms with Crippen LogP contribution in [0.5, 0.6) is 0 Å². The number of amides is 1. The van der Waals surface area contributed by atoms with Crippen molar-refractivity contribution < 1.29 is 4.79 Å². The van der Waals surface area contributed by atoms with Gasteiger partial charge >= 0.3 is 0 Å². The Labute approximate surface area is 122 Å². The van der Waals surface area contributed by atoms with Gasteiger partial charge in [-0.3, -0.25) is 4.79 Å². The zero-order chi connectivity index (χ0) is 14.0. The predicted molar refractivity (Wildman–Crippen MR) is 80.6 cm³/mol. The minimum atomic E-state index is -0.154. The third-order valence-electron chi connectivity index (χ3n) is 5.52. The Kier molecular flexibility index (Phi) is 4.32. The maximum Gasteiger partial charge on any atom is 0.229 e. The first-order valence-electron chi connectivity index (χ1n) is 8.43. The fraction of sp³-hybridized carbons (Fsp3) is 0.938. The van der Waals surface area contributed by atoms with E-state index in [1.807, 2.05) is 0 Å². The summed E-state index contributed by atoms with van der Waals surface area (Å²) in [7, 11) is 0. The Balaban J connectivity index is 1.53. The predicted octanol–water partition coefficient (Wildman–Crippen LogP) is 1.46. The highest BCUT2D eigenvalue weighted by molar-refractivity contribution is 5.82. The lowest BCUT2D eigenvalue weighted by atomic mass is 9.81. The van der Waals surface area contributed by atoms with Gasteiger partial charge < -0.3 is 15.1 Å². The van der Waals surface area contributed by atoms with Crippen molar-refractivity contribution in [2.24, 2.45) is 5.41 Å². The molecule has 0 radical (unpaired) electrons. The van der Waals surface area contributed by atoms with Crippen molar-refractivity contribution in [1.29, 1.82) is 0 Å². The second-order valence-electron chi connectivity index (χ2n) is 7.11. The number of carbonyl (C=O) groups is 1. The van der Waals surface area contributed by atoms with Crippen LogP contribution in [-0.4, -0.2) is 61.0 Å². The van der Waals surface area contributed by atoms with Crippen LogP contribution in [0.3, 0.4) is 0 Å². The average molecular weight is 279 g/mol. The molecule has 3 fully saturated rings. The number of carbonyl (C=O) groups excluding carboxylic acids is 1. The third kappa shape index (κ3) is 2.86. The van der Waals surface area contributed by atoms with E-state index in [9.17, 15) is 4.79 Å². The molecule has 0 aromatic heterocycles. The molecule has 1 N–H and O–H groups in total. The fourth-order valence-electron chi connectivity index (χ4n) is 4.16. The molecule has 3 aliphatic rings. The molecule has 114 valence electrons. The van der Waals surface area contributed by atoms with Gasteiger partial charge in [0.15, 0.2) is 0 Å². The first kappa shape index (κ1) is 14.3. The Morgan fingerprint density at radius 1 is 1.10 bits per heavy atom. The lowest BCUT2D eigenvalue weighted by molar-refractivity contribution is -0.143. The van der Waals surface area contributed by atoms with Gasteiger partial charge in [-0.2, -0.15) is 0 Å². The molecule has 3 rings (SSSR count). The second-order valence-corrected chi connectivity index (χ2v) is 7.11. The quantitative estimate of drug-likeness (QED) is 0.831. The maximum absolute atomic E-state index is 12.8. The van der Waals surface area contributed by atoms with Crippen LogP contribution in [0.4, 0.5) is 0 Å². The monoisotopic (exact) mass is 279 g/mol. The number of nitrogens with one attached hydrogen (secondary N) is 1. The molecule has 3 heterocycles. The first-order valence-corrected chi connectivity index (χ1v) is 8.43. The summed E-state index contributed by atoms with van der Waals surface area (Å²) in [6.07, 6.45) is 7.26. The Hall–Kier alpha value is -0.610. The van der Waals surface area contributed by atoms with Gasteiger partial charge in [0.1, 0.15) is 0 Å². The van der Waals surface area contributed by atoms with E-state index < -0.39 is 0 Å². The molecule has 1 amide bonds. The van der Waals surface area contributed by atoms with Crippen molar-refractivity contribution >= 4 is 5.91 Å². The molecule has 3 aliphatic heterocycles. The van der Waals surface area contributed by atoms with Crippen molar-refractivity contribution in [2.75, 3.05) is 39.3 Å². The highest BCUT2D eigenvalue weighted by atomic mass is 16.2. The highest BCUT2D eigenvalue weighted by Crippen LogP contribution is 2.30. The second kappa shape index (κ2) is 6.02. The van der Waals surface area contributed by atoms with E-state index in [1.54, 1.807) is 0 Å². The van der Waals surface area contributed by atoms with Crippen LogP contribution in [0.2, 0.25) is 0 Å². The standard InChI is InChI=1S/C16H29N3O/c1-16(7-4-8-17-13-16)15(20)19-11-5-14(6-12-19)18-9-2-3-10-18/h14,17H,2-13H2,1H3. The van der Waals surface area contributed by atoms with Crippen LogP contribution in [0, 0.1) is 5.41 Å². The van der Waals surface area contributed by atoms with Gasteiger partial charge in [0.05, 0.1) is 5.41 Å². The topological polar surface area (TPSA) is 35.6 Å². The summed E-state index contributed by atoms with van der Waals surface area (Å²) in [4.78, 5) is 17.6. The summed E-state index contributed by atoms with van der Waals surface area (Å²) in [5.41, 5.74) is -0.154. The maximum atomic E-state index is 12.8. The van der Waals surface area contributed by atoms with Crippen molar-refractivity contribution in [2.45, 2.75) is 51.5 Å². The molecule has 3 saturated heterocycles. The Morgan fingerprint density at radius 2 is 1.80 bits per heavy atom. The molecule has 0 aliphatic carbocycles. The van der Waals surface area contributed by atoms with Gasteiger partial charge in [-0.05, 0) is 65.1 Å². The van der Waals surface area contributed by atoms with Gasteiger partial charge in [-0.25, -0.2) is 0 Å². The number of hydrogen-bond donors (Lipinski definition) is 1. The summed E-state index contributed by atoms with van der Waals surface area (Å²) in [6.45, 7) is 8.57. The van der Waals surface area contributed by atoms with Crippen molar-refractivity contribution in [3.8, 4) is 0 Å². The summed E-state index contributed by atoms with van der Waals surface area (Å²) in [5, 5.41) is 3.39. The minimum Gasteiger partial charge on any atom is -0.342 e. The van der Waals surface area contributed by atoms with E-state index in [2.05, 4.69) is 22.0 Å². The number of piperidine rings is 2. The Bertz CT molecular complexity index is 338. The molecule has 0 aromatic rings. The smallest absolute Gasteiger partial charge is 0.229 e. The molecule has 0 spiro atoms. The number of likely N-dealkylation sites (tertiary alicyclic amines) is 2. The molecule has 0 saturated carbocycles. The van der Waals surface area contributed by atoms with Crippen LogP contribution in [0.1, 0.15) is 45.4 Å². The summed E-state index contributed by atoms with van der Waals surface area (Å²) in [5.74, 6) is 0.393. The van der Waals surface area contributed by atoms with E-state index in [0.29, 0.717) is 5.91 Å². The zero-order valence-electron chi connectivity index (χ0n) is 12.9. The molecular weight excluding hydrogens is 250 g/mol. The van der Waals surface area contributed by atoms with Crippen LogP contribution < -0.4 is 5.32 Å². The molecule has 0 aromatic carbocycles.